The van der Waals surface area contributed by atoms with Gasteiger partial charge in [0.25, 0.3) is 0 Å². The number of benzene rings is 1. The van der Waals surface area contributed by atoms with Crippen molar-refractivity contribution in [3.05, 3.63) is 49.4 Å². The molecule has 0 amide bonds. The Hall–Kier alpha value is -0.610. The third kappa shape index (κ3) is 4.96. The number of rotatable bonds is 4. The maximum atomic E-state index is 6.06. The van der Waals surface area contributed by atoms with Crippen molar-refractivity contribution in [3.63, 3.8) is 0 Å². The first-order valence-electron chi connectivity index (χ1n) is 6.89. The molecule has 0 aliphatic heterocycles. The van der Waals surface area contributed by atoms with Crippen molar-refractivity contribution in [1.82, 2.24) is 10.3 Å². The lowest BCUT2D eigenvalue weighted by Crippen LogP contribution is -2.34. The molecule has 0 saturated carbocycles. The van der Waals surface area contributed by atoms with E-state index >= 15 is 0 Å². The van der Waals surface area contributed by atoms with E-state index in [0.29, 0.717) is 10.0 Å². The van der Waals surface area contributed by atoms with E-state index in [0.717, 1.165) is 29.2 Å². The van der Waals surface area contributed by atoms with Crippen LogP contribution in [0, 0.1) is 6.92 Å². The van der Waals surface area contributed by atoms with Crippen molar-refractivity contribution in [1.29, 1.82) is 0 Å². The highest BCUT2D eigenvalue weighted by Gasteiger charge is 2.13. The summed E-state index contributed by atoms with van der Waals surface area (Å²) in [6, 6.07) is 5.74. The Labute approximate surface area is 140 Å². The molecular weight excluding hydrogens is 323 g/mol. The Balaban J connectivity index is 2.09. The van der Waals surface area contributed by atoms with Gasteiger partial charge >= 0.3 is 0 Å². The average molecular weight is 343 g/mol. The summed E-state index contributed by atoms with van der Waals surface area (Å²) in [5.41, 5.74) is 2.35. The van der Waals surface area contributed by atoms with Gasteiger partial charge in [0.15, 0.2) is 0 Å². The number of aryl methyl sites for hydroxylation is 1. The number of hydrogen-bond acceptors (Lipinski definition) is 3. The highest BCUT2D eigenvalue weighted by molar-refractivity contribution is 7.11. The van der Waals surface area contributed by atoms with Crippen LogP contribution in [0.2, 0.25) is 10.0 Å². The normalized spacial score (nSPS) is 11.9. The minimum Gasteiger partial charge on any atom is -0.307 e. The maximum absolute atomic E-state index is 6.06. The predicted molar refractivity (Wildman–Crippen MR) is 92.7 cm³/mol. The van der Waals surface area contributed by atoms with E-state index in [9.17, 15) is 0 Å². The van der Waals surface area contributed by atoms with Crippen LogP contribution in [-0.4, -0.2) is 10.5 Å². The first-order valence-corrected chi connectivity index (χ1v) is 8.46. The molecule has 21 heavy (non-hydrogen) atoms. The molecule has 1 heterocycles. The zero-order valence-corrected chi connectivity index (χ0v) is 15.1. The van der Waals surface area contributed by atoms with Crippen molar-refractivity contribution in [3.8, 4) is 0 Å². The first-order chi connectivity index (χ1) is 9.74. The van der Waals surface area contributed by atoms with Crippen molar-refractivity contribution in [2.45, 2.75) is 46.2 Å². The second-order valence-electron chi connectivity index (χ2n) is 6.14. The summed E-state index contributed by atoms with van der Waals surface area (Å²) in [6.45, 7) is 9.42. The summed E-state index contributed by atoms with van der Waals surface area (Å²) < 4.78 is 0. The molecule has 0 aliphatic carbocycles. The minimum absolute atomic E-state index is 0.111. The second-order valence-corrected chi connectivity index (χ2v) is 8.13. The molecule has 0 radical (unpaired) electrons. The largest absolute Gasteiger partial charge is 0.307 e. The summed E-state index contributed by atoms with van der Waals surface area (Å²) in [5, 5.41) is 5.80. The van der Waals surface area contributed by atoms with Crippen LogP contribution < -0.4 is 5.32 Å². The van der Waals surface area contributed by atoms with E-state index in [1.54, 1.807) is 11.3 Å². The van der Waals surface area contributed by atoms with Gasteiger partial charge in [0, 0.05) is 23.4 Å². The van der Waals surface area contributed by atoms with Crippen molar-refractivity contribution < 1.29 is 0 Å². The van der Waals surface area contributed by atoms with Crippen LogP contribution in [-0.2, 0) is 13.0 Å². The van der Waals surface area contributed by atoms with Gasteiger partial charge in [-0.3, -0.25) is 0 Å². The van der Waals surface area contributed by atoms with Crippen LogP contribution in [0.15, 0.2) is 18.2 Å². The standard InChI is InChI=1S/C16H20Cl2N2S/c1-10-14(9-19-16(2,3)4)21-15(20-10)8-11-5-6-12(17)13(18)7-11/h5-7,19H,8-9H2,1-4H3. The van der Waals surface area contributed by atoms with E-state index < -0.39 is 0 Å². The zero-order valence-electron chi connectivity index (χ0n) is 12.8. The molecule has 1 N–H and O–H groups in total. The average Bonchev–Trinajstić information content (AvgIpc) is 2.71. The van der Waals surface area contributed by atoms with Gasteiger partial charge in [-0.15, -0.1) is 11.3 Å². The molecular formula is C16H20Cl2N2S. The third-order valence-electron chi connectivity index (χ3n) is 3.06. The number of thiazole rings is 1. The molecule has 0 unspecified atom stereocenters. The van der Waals surface area contributed by atoms with E-state index in [-0.39, 0.29) is 5.54 Å². The van der Waals surface area contributed by atoms with Gasteiger partial charge < -0.3 is 5.32 Å². The maximum Gasteiger partial charge on any atom is 0.0975 e. The zero-order chi connectivity index (χ0) is 15.6. The van der Waals surface area contributed by atoms with E-state index in [2.05, 4.69) is 38.0 Å². The fourth-order valence-corrected chi connectivity index (χ4v) is 3.26. The van der Waals surface area contributed by atoms with E-state index in [4.69, 9.17) is 23.2 Å². The predicted octanol–water partition coefficient (Wildman–Crippen LogP) is 5.24. The molecule has 0 aliphatic rings. The van der Waals surface area contributed by atoms with Gasteiger partial charge in [0.05, 0.1) is 20.7 Å². The number of nitrogens with one attached hydrogen (secondary N) is 1. The molecule has 1 aromatic heterocycles. The molecule has 0 spiro atoms. The quantitative estimate of drug-likeness (QED) is 0.821. The van der Waals surface area contributed by atoms with Crippen molar-refractivity contribution in [2.24, 2.45) is 0 Å². The lowest BCUT2D eigenvalue weighted by atomic mass is 10.1. The van der Waals surface area contributed by atoms with Crippen LogP contribution in [0.5, 0.6) is 0 Å². The summed E-state index contributed by atoms with van der Waals surface area (Å²) in [4.78, 5) is 5.95. The number of aromatic nitrogens is 1. The Morgan fingerprint density at radius 1 is 1.19 bits per heavy atom. The molecule has 2 nitrogen and oxygen atoms in total. The molecule has 2 aromatic rings. The molecule has 5 heteroatoms. The molecule has 1 aromatic carbocycles. The molecule has 0 fully saturated rings. The SMILES string of the molecule is Cc1nc(Cc2ccc(Cl)c(Cl)c2)sc1CNC(C)(C)C. The van der Waals surface area contributed by atoms with Crippen molar-refractivity contribution in [2.75, 3.05) is 0 Å². The monoisotopic (exact) mass is 342 g/mol. The summed E-state index contributed by atoms with van der Waals surface area (Å²) in [5.74, 6) is 0. The van der Waals surface area contributed by atoms with Crippen LogP contribution in [0.25, 0.3) is 0 Å². The number of hydrogen-bond donors (Lipinski definition) is 1. The van der Waals surface area contributed by atoms with Gasteiger partial charge in [-0.25, -0.2) is 4.98 Å². The number of halogens is 2. The molecule has 0 bridgehead atoms. The van der Waals surface area contributed by atoms with Gasteiger partial charge in [-0.2, -0.15) is 0 Å². The molecule has 0 atom stereocenters. The van der Waals surface area contributed by atoms with E-state index in [1.165, 1.54) is 4.88 Å². The van der Waals surface area contributed by atoms with Crippen LogP contribution in [0.1, 0.15) is 41.9 Å². The fourth-order valence-electron chi connectivity index (χ4n) is 1.90. The van der Waals surface area contributed by atoms with Crippen LogP contribution in [0.4, 0.5) is 0 Å². The van der Waals surface area contributed by atoms with Crippen LogP contribution >= 0.6 is 34.5 Å². The lowest BCUT2D eigenvalue weighted by Gasteiger charge is -2.19. The summed E-state index contributed by atoms with van der Waals surface area (Å²) >= 11 is 13.8. The fraction of sp³-hybridized carbons (Fsp3) is 0.438. The van der Waals surface area contributed by atoms with Gasteiger partial charge in [0.2, 0.25) is 0 Å². The van der Waals surface area contributed by atoms with Gasteiger partial charge in [-0.1, -0.05) is 29.3 Å². The topological polar surface area (TPSA) is 24.9 Å². The smallest absolute Gasteiger partial charge is 0.0975 e. The summed E-state index contributed by atoms with van der Waals surface area (Å²) in [6.07, 6.45) is 0.790. The van der Waals surface area contributed by atoms with E-state index in [1.807, 2.05) is 18.2 Å². The van der Waals surface area contributed by atoms with Gasteiger partial charge in [0.1, 0.15) is 0 Å². The highest BCUT2D eigenvalue weighted by atomic mass is 35.5. The third-order valence-corrected chi connectivity index (χ3v) is 4.95. The van der Waals surface area contributed by atoms with Gasteiger partial charge in [-0.05, 0) is 45.4 Å². The highest BCUT2D eigenvalue weighted by Crippen LogP contribution is 2.26. The Morgan fingerprint density at radius 2 is 1.90 bits per heavy atom. The Morgan fingerprint density at radius 3 is 2.52 bits per heavy atom. The van der Waals surface area contributed by atoms with Crippen LogP contribution in [0.3, 0.4) is 0 Å². The lowest BCUT2D eigenvalue weighted by molar-refractivity contribution is 0.425. The molecule has 114 valence electrons. The summed E-state index contributed by atoms with van der Waals surface area (Å²) in [7, 11) is 0. The minimum atomic E-state index is 0.111. The molecule has 0 saturated heterocycles. The van der Waals surface area contributed by atoms with Crippen molar-refractivity contribution >= 4 is 34.5 Å². The number of nitrogens with zero attached hydrogens (tertiary/aromatic N) is 1. The second kappa shape index (κ2) is 6.66. The Bertz CT molecular complexity index is 630. The molecule has 2 rings (SSSR count). The first kappa shape index (κ1) is 16.8. The Kier molecular flexibility index (Phi) is 5.31.